The van der Waals surface area contributed by atoms with Crippen molar-refractivity contribution in [2.75, 3.05) is 4.90 Å². The summed E-state index contributed by atoms with van der Waals surface area (Å²) < 4.78 is 6.63. The monoisotopic (exact) mass is 438 g/mol. The largest absolute Gasteiger partial charge is 0.390 e. The van der Waals surface area contributed by atoms with Gasteiger partial charge in [-0.3, -0.25) is 9.59 Å². The van der Waals surface area contributed by atoms with Gasteiger partial charge < -0.3 is 9.84 Å². The molecule has 0 saturated carbocycles. The molecular formula is C17H15IN2O4. The number of amides is 2. The van der Waals surface area contributed by atoms with Crippen LogP contribution in [0.5, 0.6) is 0 Å². The molecule has 7 heteroatoms. The number of hydrogen-bond acceptors (Lipinski definition) is 5. The number of ether oxygens (including phenoxy) is 1. The second kappa shape index (κ2) is 4.77. The molecule has 24 heavy (non-hydrogen) atoms. The Labute approximate surface area is 152 Å². The van der Waals surface area contributed by atoms with E-state index >= 15 is 0 Å². The third kappa shape index (κ3) is 1.76. The molecule has 3 aliphatic rings. The van der Waals surface area contributed by atoms with Gasteiger partial charge in [0.2, 0.25) is 11.8 Å². The van der Waals surface area contributed by atoms with Crippen LogP contribution in [0, 0.1) is 26.7 Å². The number of carbonyl (C=O) groups excluding carboxylic acids is 2. The fourth-order valence-corrected chi connectivity index (χ4v) is 5.13. The van der Waals surface area contributed by atoms with Crippen molar-refractivity contribution in [3.8, 4) is 6.07 Å². The number of anilines is 1. The van der Waals surface area contributed by atoms with Crippen molar-refractivity contribution < 1.29 is 19.4 Å². The lowest BCUT2D eigenvalue weighted by molar-refractivity contribution is -0.132. The van der Waals surface area contributed by atoms with Crippen LogP contribution in [0.25, 0.3) is 0 Å². The van der Waals surface area contributed by atoms with E-state index in [0.29, 0.717) is 21.2 Å². The normalized spacial score (nSPS) is 40.1. The Hall–Kier alpha value is -1.50. The van der Waals surface area contributed by atoms with Gasteiger partial charge in [-0.2, -0.15) is 5.26 Å². The lowest BCUT2D eigenvalue weighted by atomic mass is 9.67. The van der Waals surface area contributed by atoms with Crippen molar-refractivity contribution in [3.05, 3.63) is 27.3 Å². The number of aliphatic hydroxyl groups excluding tert-OH is 1. The van der Waals surface area contributed by atoms with Crippen molar-refractivity contribution in [3.63, 3.8) is 0 Å². The smallest absolute Gasteiger partial charge is 0.240 e. The van der Waals surface area contributed by atoms with Crippen LogP contribution >= 0.6 is 22.6 Å². The maximum absolute atomic E-state index is 13.0. The Bertz CT molecular complexity index is 834. The van der Waals surface area contributed by atoms with Crippen LogP contribution < -0.4 is 4.90 Å². The number of imide groups is 1. The standard InChI is InChI=1S/C17H15IN2O4/c1-16-6-11(21)17(2,24-16)13-12(16)14(22)20(15(13)23)9-4-3-8(7-19)10(18)5-9/h3-5,11-13,21H,6H2,1-2H3/t11-,12+,13-,16+,17-/m0/s1. The van der Waals surface area contributed by atoms with Gasteiger partial charge in [-0.05, 0) is 54.6 Å². The first-order chi connectivity index (χ1) is 11.2. The lowest BCUT2D eigenvalue weighted by Crippen LogP contribution is -2.49. The number of aliphatic hydroxyl groups is 1. The van der Waals surface area contributed by atoms with Gasteiger partial charge >= 0.3 is 0 Å². The van der Waals surface area contributed by atoms with E-state index in [1.54, 1.807) is 32.0 Å². The SMILES string of the molecule is C[C@]12O[C@](C)(C[C@@H]1O)[C@H]1C(=O)N(c3ccc(C#N)c(I)c3)C(=O)[C@H]12. The van der Waals surface area contributed by atoms with Gasteiger partial charge in [-0.1, -0.05) is 0 Å². The van der Waals surface area contributed by atoms with Crippen molar-refractivity contribution in [1.29, 1.82) is 5.26 Å². The molecule has 0 radical (unpaired) electrons. The quantitative estimate of drug-likeness (QED) is 0.531. The van der Waals surface area contributed by atoms with Crippen molar-refractivity contribution in [2.45, 2.75) is 37.6 Å². The van der Waals surface area contributed by atoms with Gasteiger partial charge in [0.1, 0.15) is 11.7 Å². The molecule has 2 amide bonds. The van der Waals surface area contributed by atoms with Gasteiger partial charge in [0.05, 0.1) is 34.8 Å². The zero-order valence-electron chi connectivity index (χ0n) is 13.1. The second-order valence-corrected chi connectivity index (χ2v) is 8.22. The van der Waals surface area contributed by atoms with E-state index in [4.69, 9.17) is 10.00 Å². The number of hydrogen-bond donors (Lipinski definition) is 1. The molecule has 1 aromatic rings. The van der Waals surface area contributed by atoms with Crippen LogP contribution in [-0.4, -0.2) is 34.2 Å². The maximum atomic E-state index is 13.0. The molecule has 1 N–H and O–H groups in total. The molecule has 3 heterocycles. The van der Waals surface area contributed by atoms with Crippen LogP contribution in [0.3, 0.4) is 0 Å². The summed E-state index contributed by atoms with van der Waals surface area (Å²) >= 11 is 2.01. The highest BCUT2D eigenvalue weighted by Crippen LogP contribution is 2.60. The average Bonchev–Trinajstić information content (AvgIpc) is 3.01. The van der Waals surface area contributed by atoms with Crippen LogP contribution in [0.2, 0.25) is 0 Å². The summed E-state index contributed by atoms with van der Waals surface area (Å²) in [4.78, 5) is 27.2. The van der Waals surface area contributed by atoms with E-state index in [0.717, 1.165) is 0 Å². The highest BCUT2D eigenvalue weighted by atomic mass is 127. The van der Waals surface area contributed by atoms with Crippen LogP contribution in [0.4, 0.5) is 5.69 Å². The summed E-state index contributed by atoms with van der Waals surface area (Å²) in [5, 5.41) is 19.4. The molecule has 5 atom stereocenters. The zero-order chi connectivity index (χ0) is 17.4. The van der Waals surface area contributed by atoms with E-state index < -0.39 is 29.1 Å². The fourth-order valence-electron chi connectivity index (χ4n) is 4.51. The lowest BCUT2D eigenvalue weighted by Gasteiger charge is -2.31. The summed E-state index contributed by atoms with van der Waals surface area (Å²) in [5.41, 5.74) is -0.888. The van der Waals surface area contributed by atoms with Crippen molar-refractivity contribution in [1.82, 2.24) is 0 Å². The number of carbonyl (C=O) groups is 2. The minimum absolute atomic E-state index is 0.288. The first-order valence-electron chi connectivity index (χ1n) is 7.68. The molecule has 4 rings (SSSR count). The first kappa shape index (κ1) is 16.0. The Kier molecular flexibility index (Phi) is 3.18. The highest BCUT2D eigenvalue weighted by molar-refractivity contribution is 14.1. The Morgan fingerprint density at radius 2 is 2.00 bits per heavy atom. The minimum Gasteiger partial charge on any atom is -0.390 e. The molecule has 3 saturated heterocycles. The van der Waals surface area contributed by atoms with Gasteiger partial charge in [-0.25, -0.2) is 4.90 Å². The summed E-state index contributed by atoms with van der Waals surface area (Å²) in [7, 11) is 0. The van der Waals surface area contributed by atoms with E-state index in [1.165, 1.54) is 4.90 Å². The molecule has 6 nitrogen and oxygen atoms in total. The third-order valence-electron chi connectivity index (χ3n) is 5.63. The van der Waals surface area contributed by atoms with E-state index in [-0.39, 0.29) is 11.8 Å². The molecule has 0 unspecified atom stereocenters. The van der Waals surface area contributed by atoms with Gasteiger partial charge in [0, 0.05) is 9.99 Å². The average molecular weight is 438 g/mol. The van der Waals surface area contributed by atoms with Gasteiger partial charge in [0.25, 0.3) is 0 Å². The first-order valence-corrected chi connectivity index (χ1v) is 8.76. The van der Waals surface area contributed by atoms with Crippen LogP contribution in [0.15, 0.2) is 18.2 Å². The molecule has 0 aliphatic carbocycles. The van der Waals surface area contributed by atoms with E-state index in [9.17, 15) is 14.7 Å². The fraction of sp³-hybridized carbons (Fsp3) is 0.471. The number of halogens is 1. The molecule has 0 aromatic heterocycles. The van der Waals surface area contributed by atoms with Gasteiger partial charge in [-0.15, -0.1) is 0 Å². The van der Waals surface area contributed by atoms with Crippen molar-refractivity contribution >= 4 is 40.1 Å². The second-order valence-electron chi connectivity index (χ2n) is 7.06. The zero-order valence-corrected chi connectivity index (χ0v) is 15.3. The van der Waals surface area contributed by atoms with Crippen molar-refractivity contribution in [2.24, 2.45) is 11.8 Å². The number of rotatable bonds is 1. The summed E-state index contributed by atoms with van der Waals surface area (Å²) in [5.74, 6) is -1.88. The van der Waals surface area contributed by atoms with Crippen LogP contribution in [0.1, 0.15) is 25.8 Å². The third-order valence-corrected chi connectivity index (χ3v) is 6.52. The molecule has 3 aliphatic heterocycles. The molecule has 124 valence electrons. The number of nitrogens with zero attached hydrogens (tertiary/aromatic N) is 2. The molecule has 3 fully saturated rings. The predicted octanol–water partition coefficient (Wildman–Crippen LogP) is 1.58. The molecule has 2 bridgehead atoms. The number of fused-ring (bicyclic) bond motifs is 5. The molecule has 1 aromatic carbocycles. The predicted molar refractivity (Wildman–Crippen MR) is 91.9 cm³/mol. The topological polar surface area (TPSA) is 90.6 Å². The number of nitriles is 1. The Balaban J connectivity index is 1.79. The molecule has 0 spiro atoms. The van der Waals surface area contributed by atoms with E-state index in [1.807, 2.05) is 22.6 Å². The summed E-state index contributed by atoms with van der Waals surface area (Å²) in [6.45, 7) is 3.51. The highest BCUT2D eigenvalue weighted by Gasteiger charge is 2.75. The number of benzene rings is 1. The Morgan fingerprint density at radius 3 is 2.62 bits per heavy atom. The molecular weight excluding hydrogens is 423 g/mol. The Morgan fingerprint density at radius 1 is 1.33 bits per heavy atom. The summed E-state index contributed by atoms with van der Waals surface area (Å²) in [6.07, 6.45) is -0.413. The maximum Gasteiger partial charge on any atom is 0.240 e. The van der Waals surface area contributed by atoms with Crippen LogP contribution in [-0.2, 0) is 14.3 Å². The summed E-state index contributed by atoms with van der Waals surface area (Å²) in [6, 6.07) is 6.95. The van der Waals surface area contributed by atoms with Gasteiger partial charge in [0.15, 0.2) is 0 Å². The van der Waals surface area contributed by atoms with E-state index in [2.05, 4.69) is 6.07 Å². The minimum atomic E-state index is -1.03.